The zero-order valence-electron chi connectivity index (χ0n) is 25.6. The highest BCUT2D eigenvalue weighted by Gasteiger charge is 2.23. The Labute approximate surface area is 258 Å². The summed E-state index contributed by atoms with van der Waals surface area (Å²) in [6.45, 7) is 4.14. The smallest absolute Gasteiger partial charge is 0.229 e. The van der Waals surface area contributed by atoms with Gasteiger partial charge in [-0.05, 0) is 61.6 Å². The second kappa shape index (κ2) is 14.5. The van der Waals surface area contributed by atoms with Crippen LogP contribution in [0.3, 0.4) is 0 Å². The maximum atomic E-state index is 12.9. The highest BCUT2D eigenvalue weighted by atomic mass is 16.5. The zero-order chi connectivity index (χ0) is 30.9. The van der Waals surface area contributed by atoms with Gasteiger partial charge < -0.3 is 34.5 Å². The van der Waals surface area contributed by atoms with E-state index >= 15 is 0 Å². The highest BCUT2D eigenvalue weighted by Crippen LogP contribution is 2.40. The number of carbonyl (C=O) groups is 1. The number of nitrogens with zero attached hydrogens (tertiary/aromatic N) is 3. The van der Waals surface area contributed by atoms with Gasteiger partial charge in [0, 0.05) is 50.1 Å². The van der Waals surface area contributed by atoms with Crippen LogP contribution >= 0.6 is 0 Å². The number of amides is 1. The molecule has 0 aliphatic carbocycles. The largest absolute Gasteiger partial charge is 0.493 e. The number of rotatable bonds is 12. The number of anilines is 3. The van der Waals surface area contributed by atoms with Crippen LogP contribution in [0.5, 0.6) is 28.7 Å². The highest BCUT2D eigenvalue weighted by molar-refractivity contribution is 5.76. The van der Waals surface area contributed by atoms with E-state index in [9.17, 15) is 4.79 Å². The van der Waals surface area contributed by atoms with Crippen molar-refractivity contribution in [2.45, 2.75) is 32.7 Å². The fraction of sp³-hybridized carbons (Fsp3) is 0.324. The van der Waals surface area contributed by atoms with Crippen LogP contribution in [0.1, 0.15) is 30.4 Å². The molecule has 5 rings (SSSR count). The predicted molar refractivity (Wildman–Crippen MR) is 171 cm³/mol. The van der Waals surface area contributed by atoms with E-state index in [0.717, 1.165) is 48.8 Å². The molecule has 0 saturated carbocycles. The van der Waals surface area contributed by atoms with Crippen molar-refractivity contribution in [2.75, 3.05) is 44.6 Å². The molecule has 1 saturated heterocycles. The molecule has 1 fully saturated rings. The van der Waals surface area contributed by atoms with E-state index < -0.39 is 0 Å². The van der Waals surface area contributed by atoms with Crippen molar-refractivity contribution in [1.82, 2.24) is 15.3 Å². The van der Waals surface area contributed by atoms with Gasteiger partial charge in [-0.1, -0.05) is 29.8 Å². The van der Waals surface area contributed by atoms with E-state index in [1.807, 2.05) is 61.5 Å². The fourth-order valence-corrected chi connectivity index (χ4v) is 5.26. The summed E-state index contributed by atoms with van der Waals surface area (Å²) in [5, 5.41) is 6.32. The van der Waals surface area contributed by atoms with Gasteiger partial charge in [0.2, 0.25) is 17.6 Å². The molecule has 1 aromatic heterocycles. The molecule has 230 valence electrons. The molecule has 3 aromatic carbocycles. The lowest BCUT2D eigenvalue weighted by atomic mass is 9.94. The molecule has 2 heterocycles. The Hall–Kier alpha value is -4.99. The lowest BCUT2D eigenvalue weighted by Gasteiger charge is -2.33. The Kier molecular flexibility index (Phi) is 10.0. The van der Waals surface area contributed by atoms with Gasteiger partial charge >= 0.3 is 0 Å². The number of nitrogens with one attached hydrogen (secondary N) is 2. The topological polar surface area (TPSA) is 107 Å². The molecular formula is C34H39N5O5. The first-order valence-electron chi connectivity index (χ1n) is 14.7. The summed E-state index contributed by atoms with van der Waals surface area (Å²) in [5.41, 5.74) is 2.92. The van der Waals surface area contributed by atoms with Crippen molar-refractivity contribution in [3.8, 4) is 28.7 Å². The number of aryl methyl sites for hydroxylation is 1. The molecule has 4 aromatic rings. The quantitative estimate of drug-likeness (QED) is 0.195. The molecule has 0 spiro atoms. The maximum absolute atomic E-state index is 12.9. The molecule has 0 bridgehead atoms. The van der Waals surface area contributed by atoms with Gasteiger partial charge in [0.05, 0.1) is 21.3 Å². The third-order valence-electron chi connectivity index (χ3n) is 7.55. The lowest BCUT2D eigenvalue weighted by Crippen LogP contribution is -2.38. The van der Waals surface area contributed by atoms with E-state index in [0.29, 0.717) is 41.8 Å². The van der Waals surface area contributed by atoms with Crippen molar-refractivity contribution in [1.29, 1.82) is 0 Å². The second-order valence-electron chi connectivity index (χ2n) is 10.8. The van der Waals surface area contributed by atoms with Gasteiger partial charge in [0.1, 0.15) is 17.3 Å². The number of methoxy groups -OCH3 is 3. The predicted octanol–water partition coefficient (Wildman–Crippen LogP) is 6.27. The Bertz CT molecular complexity index is 1520. The Morgan fingerprint density at radius 2 is 1.61 bits per heavy atom. The Morgan fingerprint density at radius 1 is 0.932 bits per heavy atom. The minimum absolute atomic E-state index is 0.0456. The summed E-state index contributed by atoms with van der Waals surface area (Å²) in [6.07, 6.45) is 4.18. The molecule has 10 nitrogen and oxygen atoms in total. The Balaban J connectivity index is 1.13. The number of piperidine rings is 1. The number of hydrogen-bond donors (Lipinski definition) is 2. The van der Waals surface area contributed by atoms with Gasteiger partial charge in [-0.2, -0.15) is 4.98 Å². The second-order valence-corrected chi connectivity index (χ2v) is 10.8. The molecule has 0 unspecified atom stereocenters. The van der Waals surface area contributed by atoms with Crippen molar-refractivity contribution in [3.05, 3.63) is 84.1 Å². The van der Waals surface area contributed by atoms with Crippen molar-refractivity contribution in [2.24, 2.45) is 5.92 Å². The van der Waals surface area contributed by atoms with Crippen molar-refractivity contribution >= 4 is 23.4 Å². The summed E-state index contributed by atoms with van der Waals surface area (Å²) in [7, 11) is 4.72. The molecule has 1 atom stereocenters. The molecule has 1 amide bonds. The number of aromatic nitrogens is 2. The summed E-state index contributed by atoms with van der Waals surface area (Å²) in [5.74, 6) is 4.68. The van der Waals surface area contributed by atoms with Gasteiger partial charge in [-0.3, -0.25) is 4.79 Å². The first-order chi connectivity index (χ1) is 21.4. The SMILES string of the molecule is COc1cc(Nc2nccc(N3CCC[C@H](CC(=O)NCc4ccc(Oc5ccc(C)cc5)cc4)C3)n2)cc(OC)c1OC. The van der Waals surface area contributed by atoms with Gasteiger partial charge in [0.25, 0.3) is 0 Å². The van der Waals surface area contributed by atoms with Crippen LogP contribution in [0.25, 0.3) is 0 Å². The normalized spacial score (nSPS) is 14.5. The summed E-state index contributed by atoms with van der Waals surface area (Å²) in [6, 6.07) is 21.3. The summed E-state index contributed by atoms with van der Waals surface area (Å²) in [4.78, 5) is 24.2. The van der Waals surface area contributed by atoms with E-state index in [4.69, 9.17) is 23.9 Å². The lowest BCUT2D eigenvalue weighted by molar-refractivity contribution is -0.122. The summed E-state index contributed by atoms with van der Waals surface area (Å²) < 4.78 is 22.2. The number of carbonyl (C=O) groups excluding carboxylic acids is 1. The van der Waals surface area contributed by atoms with Crippen LogP contribution in [0.15, 0.2) is 72.9 Å². The first kappa shape index (κ1) is 30.5. The number of hydrogen-bond acceptors (Lipinski definition) is 9. The average Bonchev–Trinajstić information content (AvgIpc) is 3.05. The fourth-order valence-electron chi connectivity index (χ4n) is 5.26. The molecule has 44 heavy (non-hydrogen) atoms. The summed E-state index contributed by atoms with van der Waals surface area (Å²) >= 11 is 0. The standard InChI is InChI=1S/C34H39N5O5/c1-23-7-11-27(12-8-23)44-28-13-9-24(10-14-28)21-36-32(40)18-25-6-5-17-39(22-25)31-15-16-35-34(38-31)37-26-19-29(41-2)33(43-4)30(20-26)42-3/h7-16,19-20,25H,5-6,17-18,21-22H2,1-4H3,(H,36,40)(H,35,37,38)/t25-/m1/s1. The molecule has 1 aliphatic rings. The molecule has 2 N–H and O–H groups in total. The maximum Gasteiger partial charge on any atom is 0.229 e. The van der Waals surface area contributed by atoms with Crippen LogP contribution in [0.2, 0.25) is 0 Å². The minimum atomic E-state index is 0.0456. The van der Waals surface area contributed by atoms with E-state index in [-0.39, 0.29) is 11.8 Å². The van der Waals surface area contributed by atoms with E-state index in [2.05, 4.69) is 20.5 Å². The van der Waals surface area contributed by atoms with Crippen molar-refractivity contribution < 1.29 is 23.7 Å². The average molecular weight is 598 g/mol. The number of benzene rings is 3. The van der Waals surface area contributed by atoms with Gasteiger partial charge in [0.15, 0.2) is 11.5 Å². The van der Waals surface area contributed by atoms with E-state index in [1.54, 1.807) is 39.7 Å². The monoisotopic (exact) mass is 597 g/mol. The van der Waals surface area contributed by atoms with Crippen LogP contribution < -0.4 is 34.5 Å². The molecule has 1 aliphatic heterocycles. The third kappa shape index (κ3) is 7.89. The van der Waals surface area contributed by atoms with Crippen LogP contribution in [0, 0.1) is 12.8 Å². The Morgan fingerprint density at radius 3 is 2.27 bits per heavy atom. The third-order valence-corrected chi connectivity index (χ3v) is 7.55. The zero-order valence-corrected chi connectivity index (χ0v) is 25.6. The van der Waals surface area contributed by atoms with Gasteiger partial charge in [-0.25, -0.2) is 4.98 Å². The number of ether oxygens (including phenoxy) is 4. The van der Waals surface area contributed by atoms with E-state index in [1.165, 1.54) is 5.56 Å². The van der Waals surface area contributed by atoms with Crippen molar-refractivity contribution in [3.63, 3.8) is 0 Å². The molecular weight excluding hydrogens is 558 g/mol. The molecule has 10 heteroatoms. The van der Waals surface area contributed by atoms with Crippen LogP contribution in [-0.4, -0.2) is 50.3 Å². The minimum Gasteiger partial charge on any atom is -0.493 e. The van der Waals surface area contributed by atoms with Crippen LogP contribution in [-0.2, 0) is 11.3 Å². The van der Waals surface area contributed by atoms with Gasteiger partial charge in [-0.15, -0.1) is 0 Å². The first-order valence-corrected chi connectivity index (χ1v) is 14.7. The van der Waals surface area contributed by atoms with Crippen LogP contribution in [0.4, 0.5) is 17.5 Å². The molecule has 0 radical (unpaired) electrons.